The average Bonchev–Trinajstić information content (AvgIpc) is 2.96. The minimum Gasteiger partial charge on any atom is 0 e. The Morgan fingerprint density at radius 2 is 0.512 bits per heavy atom. The summed E-state index contributed by atoms with van der Waals surface area (Å²) in [5.41, 5.74) is 0. The van der Waals surface area contributed by atoms with Crippen molar-refractivity contribution >= 4 is 0 Å². The first-order valence-electron chi connectivity index (χ1n) is 15.6. The average molecular weight is 671 g/mol. The van der Waals surface area contributed by atoms with Crippen LogP contribution < -0.4 is 0 Å². The van der Waals surface area contributed by atoms with Gasteiger partial charge in [0.15, 0.2) is 0 Å². The molecule has 0 aromatic rings. The monoisotopic (exact) mass is 670 g/mol. The second-order valence-corrected chi connectivity index (χ2v) is 8.89. The number of rotatable bonds is 12. The van der Waals surface area contributed by atoms with E-state index < -0.39 is 18.6 Å². The molecule has 0 spiro atoms. The van der Waals surface area contributed by atoms with Crippen molar-refractivity contribution in [1.29, 1.82) is 0 Å². The molecule has 0 saturated carbocycles. The summed E-state index contributed by atoms with van der Waals surface area (Å²) < 4.78 is 23.2. The van der Waals surface area contributed by atoms with Crippen LogP contribution in [-0.2, 0) is 43.7 Å². The van der Waals surface area contributed by atoms with Crippen LogP contribution in [0.2, 0.25) is 0 Å². The summed E-state index contributed by atoms with van der Waals surface area (Å²) in [5, 5.41) is 32.3. The molecule has 0 aliphatic heterocycles. The van der Waals surface area contributed by atoms with Gasteiger partial charge in [0, 0.05) is 48.1 Å². The van der Waals surface area contributed by atoms with Crippen molar-refractivity contribution < 1.29 is 71.5 Å². The maximum atomic E-state index is 8.81. The minimum absolute atomic E-state index is 0. The molecule has 0 aromatic carbocycles. The molecule has 0 unspecified atom stereocenters. The molecule has 0 rings (SSSR count). The fourth-order valence-electron chi connectivity index (χ4n) is 0.632. The maximum absolute atomic E-state index is 8.81. The Kier molecular flexibility index (Phi) is 192. The van der Waals surface area contributed by atoms with E-state index in [2.05, 4.69) is 83.1 Å². The summed E-state index contributed by atoms with van der Waals surface area (Å²) in [5.74, 6) is 0. The van der Waals surface area contributed by atoms with Crippen LogP contribution in [0.4, 0.5) is 0 Å². The van der Waals surface area contributed by atoms with Gasteiger partial charge >= 0.3 is 29.3 Å². The van der Waals surface area contributed by atoms with Crippen molar-refractivity contribution in [2.75, 3.05) is 26.4 Å². The van der Waals surface area contributed by atoms with Crippen LogP contribution in [0.3, 0.4) is 0 Å². The quantitative estimate of drug-likeness (QED) is 0.0906. The first-order chi connectivity index (χ1) is 19.0. The molecule has 0 aliphatic carbocycles. The molecule has 0 radical (unpaired) electrons. The molecule has 260 valence electrons. The van der Waals surface area contributed by atoms with E-state index in [4.69, 9.17) is 31.1 Å². The molecule has 9 heteroatoms. The van der Waals surface area contributed by atoms with Gasteiger partial charge in [-0.05, 0) is 25.7 Å². The molecule has 0 amide bonds. The smallest absolute Gasteiger partial charge is 0 e. The summed E-state index contributed by atoms with van der Waals surface area (Å²) in [6.45, 7) is 32.5. The first kappa shape index (κ1) is 68.9. The fraction of sp³-hybridized carbons (Fsp3) is 0.875. The molecular weight excluding hydrogens is 592 g/mol. The van der Waals surface area contributed by atoms with Crippen molar-refractivity contribution in [2.24, 2.45) is 0 Å². The molecule has 7 nitrogen and oxygen atoms in total. The summed E-state index contributed by atoms with van der Waals surface area (Å²) in [4.78, 5) is 0. The Morgan fingerprint density at radius 3 is 0.512 bits per heavy atom. The molecular formula is C32H78O7Ti2-4. The second-order valence-electron chi connectivity index (χ2n) is 8.01. The van der Waals surface area contributed by atoms with Crippen molar-refractivity contribution in [3.63, 3.8) is 0 Å². The van der Waals surface area contributed by atoms with E-state index in [0.717, 1.165) is 77.0 Å². The standard InChI is InChI=1S/4C4H10O.4C4H9.2H2O.O.2Ti/c4*1-2-3-4-5;4*1-3-4-2;;;;;/h4*5H,2-4H2,1H3;4*1,3-4H2,2H3;2*1H2;;;/q;;;;4*-1;;;;;+2/p-2. The molecule has 0 atom stereocenters. The minimum atomic E-state index is -3.58. The third-order valence-electron chi connectivity index (χ3n) is 3.46. The van der Waals surface area contributed by atoms with E-state index in [9.17, 15) is 0 Å². The normalized spacial score (nSPS) is 7.66. The predicted molar refractivity (Wildman–Crippen MR) is 174 cm³/mol. The van der Waals surface area contributed by atoms with Gasteiger partial charge in [0.05, 0.1) is 0 Å². The zero-order chi connectivity index (χ0) is 33.7. The molecule has 6 N–H and O–H groups in total. The number of aliphatic hydroxyl groups is 4. The molecule has 0 fully saturated rings. The first-order valence-corrected chi connectivity index (χ1v) is 17.6. The predicted octanol–water partition coefficient (Wildman–Crippen LogP) is 8.36. The summed E-state index contributed by atoms with van der Waals surface area (Å²) in [7, 11) is 0. The van der Waals surface area contributed by atoms with Crippen LogP contribution in [0.15, 0.2) is 0 Å². The van der Waals surface area contributed by atoms with Crippen LogP contribution in [0.5, 0.6) is 0 Å². The summed E-state index contributed by atoms with van der Waals surface area (Å²) in [6.07, 6.45) is 17.3. The van der Waals surface area contributed by atoms with Gasteiger partial charge in [-0.3, -0.25) is 0 Å². The Morgan fingerprint density at radius 1 is 0.415 bits per heavy atom. The Labute approximate surface area is 282 Å². The van der Waals surface area contributed by atoms with Gasteiger partial charge in [-0.15, -0.1) is 0 Å². The van der Waals surface area contributed by atoms with E-state index in [-0.39, 0.29) is 21.7 Å². The number of unbranched alkanes of at least 4 members (excludes halogenated alkanes) is 8. The largest absolute Gasteiger partial charge is 0 e. The van der Waals surface area contributed by atoms with Gasteiger partial charge < -0.3 is 48.1 Å². The van der Waals surface area contributed by atoms with Gasteiger partial charge in [0.1, 0.15) is 0 Å². The molecule has 0 heterocycles. The van der Waals surface area contributed by atoms with Crippen LogP contribution in [0.1, 0.15) is 158 Å². The molecule has 0 aromatic heterocycles. The van der Waals surface area contributed by atoms with Gasteiger partial charge in [0.2, 0.25) is 0 Å². The fourth-order valence-corrected chi connectivity index (χ4v) is 0.632. The van der Waals surface area contributed by atoms with Crippen LogP contribution >= 0.6 is 0 Å². The third kappa shape index (κ3) is 369. The van der Waals surface area contributed by atoms with Crippen LogP contribution in [0, 0.1) is 27.7 Å². The van der Waals surface area contributed by atoms with E-state index in [1.807, 2.05) is 0 Å². The van der Waals surface area contributed by atoms with Gasteiger partial charge in [0.25, 0.3) is 0 Å². The zero-order valence-corrected chi connectivity index (χ0v) is 32.2. The number of hydrogen-bond acceptors (Lipinski definition) is 5. The van der Waals surface area contributed by atoms with E-state index in [1.165, 1.54) is 25.7 Å². The van der Waals surface area contributed by atoms with Crippen molar-refractivity contribution in [3.05, 3.63) is 27.7 Å². The van der Waals surface area contributed by atoms with Crippen LogP contribution in [-0.4, -0.2) is 54.2 Å². The Balaban J connectivity index is -0.0000000329. The summed E-state index contributed by atoms with van der Waals surface area (Å²) in [6, 6.07) is 0. The van der Waals surface area contributed by atoms with Crippen molar-refractivity contribution in [1.82, 2.24) is 0 Å². The molecule has 0 bridgehead atoms. The maximum Gasteiger partial charge on any atom is 0 e. The topological polar surface area (TPSA) is 138 Å². The third-order valence-corrected chi connectivity index (χ3v) is 3.46. The van der Waals surface area contributed by atoms with Crippen LogP contribution in [0.25, 0.3) is 0 Å². The molecule has 0 aliphatic rings. The SMILES string of the molecule is CCCCO.CCCCO.CCCCO.CCCCO.[CH2-]CCC.[CH2-]CCC.[CH2-]CCC.[CH2-]CCC.[O]=[Ti]([OH])[OH].[Ti]. The Bertz CT molecular complexity index is 218. The van der Waals surface area contributed by atoms with Gasteiger partial charge in [-0.1, -0.05) is 107 Å². The van der Waals surface area contributed by atoms with Gasteiger partial charge in [-0.25, -0.2) is 0 Å². The van der Waals surface area contributed by atoms with Gasteiger partial charge in [-0.2, -0.15) is 25.7 Å². The van der Waals surface area contributed by atoms with E-state index in [1.54, 1.807) is 0 Å². The van der Waals surface area contributed by atoms with Crippen molar-refractivity contribution in [2.45, 2.75) is 158 Å². The van der Waals surface area contributed by atoms with E-state index in [0.29, 0.717) is 26.4 Å². The Hall–Kier alpha value is 0.989. The molecule has 41 heavy (non-hydrogen) atoms. The summed E-state index contributed by atoms with van der Waals surface area (Å²) >= 11 is -3.58. The number of aliphatic hydroxyl groups excluding tert-OH is 4. The molecule has 0 saturated heterocycles. The van der Waals surface area contributed by atoms with E-state index >= 15 is 0 Å². The zero-order valence-electron chi connectivity index (χ0n) is 29.1. The number of hydrogen-bond donors (Lipinski definition) is 6. The van der Waals surface area contributed by atoms with Crippen molar-refractivity contribution in [3.8, 4) is 0 Å². The second kappa shape index (κ2) is 114.